The molecular formula is C16H20F2O. The number of carbonyl (C=O) groups is 1. The van der Waals surface area contributed by atoms with Crippen LogP contribution in [-0.4, -0.2) is 5.78 Å². The summed E-state index contributed by atoms with van der Waals surface area (Å²) >= 11 is 0. The zero-order chi connectivity index (χ0) is 14.2. The van der Waals surface area contributed by atoms with Gasteiger partial charge in [-0.15, -0.1) is 0 Å². The summed E-state index contributed by atoms with van der Waals surface area (Å²) in [6, 6.07) is 2.16. The van der Waals surface area contributed by atoms with Crippen LogP contribution in [0.25, 0.3) is 0 Å². The number of hydrogen-bond donors (Lipinski definition) is 0. The molecular weight excluding hydrogens is 246 g/mol. The fraction of sp³-hybridized carbons (Fsp3) is 0.562. The summed E-state index contributed by atoms with van der Waals surface area (Å²) in [5.41, 5.74) is 0.00314. The number of hydrogen-bond acceptors (Lipinski definition) is 1. The highest BCUT2D eigenvalue weighted by Crippen LogP contribution is 2.42. The second-order valence-electron chi connectivity index (χ2n) is 6.23. The predicted molar refractivity (Wildman–Crippen MR) is 71.2 cm³/mol. The maximum absolute atomic E-state index is 13.9. The standard InChI is InChI=1S/C16H20F2O/c1-10-8-14(18)11(9-13(10)17)15(19)12-6-4-5-7-16(12,2)3/h8-9,12H,4-7H2,1-3H3. The normalized spacial score (nSPS) is 22.3. The highest BCUT2D eigenvalue weighted by Gasteiger charge is 2.38. The maximum Gasteiger partial charge on any atom is 0.169 e. The van der Waals surface area contributed by atoms with Gasteiger partial charge >= 0.3 is 0 Å². The van der Waals surface area contributed by atoms with Crippen molar-refractivity contribution in [2.75, 3.05) is 0 Å². The Morgan fingerprint density at radius 1 is 1.21 bits per heavy atom. The van der Waals surface area contributed by atoms with Gasteiger partial charge < -0.3 is 0 Å². The molecule has 1 aromatic carbocycles. The first-order chi connectivity index (χ1) is 8.83. The lowest BCUT2D eigenvalue weighted by molar-refractivity contribution is 0.0692. The van der Waals surface area contributed by atoms with Gasteiger partial charge in [-0.2, -0.15) is 0 Å². The summed E-state index contributed by atoms with van der Waals surface area (Å²) < 4.78 is 27.5. The lowest BCUT2D eigenvalue weighted by atomic mass is 9.66. The number of rotatable bonds is 2. The van der Waals surface area contributed by atoms with Crippen LogP contribution in [-0.2, 0) is 0 Å². The van der Waals surface area contributed by atoms with Crippen LogP contribution in [0.4, 0.5) is 8.78 Å². The fourth-order valence-corrected chi connectivity index (χ4v) is 3.00. The summed E-state index contributed by atoms with van der Waals surface area (Å²) in [5.74, 6) is -1.58. The topological polar surface area (TPSA) is 17.1 Å². The quantitative estimate of drug-likeness (QED) is 0.711. The van der Waals surface area contributed by atoms with Crippen molar-refractivity contribution in [2.24, 2.45) is 11.3 Å². The molecule has 104 valence electrons. The van der Waals surface area contributed by atoms with Gasteiger partial charge in [0.1, 0.15) is 11.6 Å². The van der Waals surface area contributed by atoms with E-state index < -0.39 is 11.6 Å². The molecule has 1 atom stereocenters. The Morgan fingerprint density at radius 3 is 2.53 bits per heavy atom. The van der Waals surface area contributed by atoms with E-state index in [1.54, 1.807) is 0 Å². The van der Waals surface area contributed by atoms with Crippen molar-refractivity contribution in [2.45, 2.75) is 46.5 Å². The molecule has 0 amide bonds. The van der Waals surface area contributed by atoms with Crippen molar-refractivity contribution in [1.82, 2.24) is 0 Å². The molecule has 1 saturated carbocycles. The molecule has 0 radical (unpaired) electrons. The zero-order valence-electron chi connectivity index (χ0n) is 11.7. The fourth-order valence-electron chi connectivity index (χ4n) is 3.00. The number of carbonyl (C=O) groups excluding carboxylic acids is 1. The summed E-state index contributed by atoms with van der Waals surface area (Å²) in [6.45, 7) is 5.57. The molecule has 0 bridgehead atoms. The molecule has 2 rings (SSSR count). The van der Waals surface area contributed by atoms with Gasteiger partial charge in [-0.05, 0) is 42.9 Å². The van der Waals surface area contributed by atoms with Gasteiger partial charge in [-0.3, -0.25) is 4.79 Å². The van der Waals surface area contributed by atoms with Gasteiger partial charge in [0.05, 0.1) is 5.56 Å². The molecule has 1 aromatic rings. The third-order valence-corrected chi connectivity index (χ3v) is 4.34. The molecule has 1 aliphatic carbocycles. The van der Waals surface area contributed by atoms with Gasteiger partial charge in [0.15, 0.2) is 5.78 Å². The van der Waals surface area contributed by atoms with E-state index in [1.165, 1.54) is 6.92 Å². The van der Waals surface area contributed by atoms with Gasteiger partial charge in [-0.25, -0.2) is 8.78 Å². The first kappa shape index (κ1) is 14.2. The maximum atomic E-state index is 13.9. The van der Waals surface area contributed by atoms with E-state index >= 15 is 0 Å². The second kappa shape index (κ2) is 5.03. The Hall–Kier alpha value is -1.25. The average Bonchev–Trinajstić information content (AvgIpc) is 2.32. The summed E-state index contributed by atoms with van der Waals surface area (Å²) in [7, 11) is 0. The van der Waals surface area contributed by atoms with Crippen molar-refractivity contribution in [3.63, 3.8) is 0 Å². The van der Waals surface area contributed by atoms with Crippen molar-refractivity contribution in [3.8, 4) is 0 Å². The smallest absolute Gasteiger partial charge is 0.169 e. The van der Waals surface area contributed by atoms with E-state index in [-0.39, 0.29) is 28.2 Å². The molecule has 1 fully saturated rings. The minimum absolute atomic E-state index is 0.0944. The van der Waals surface area contributed by atoms with Crippen LogP contribution in [0.15, 0.2) is 12.1 Å². The van der Waals surface area contributed by atoms with E-state index in [9.17, 15) is 13.6 Å². The van der Waals surface area contributed by atoms with E-state index in [1.807, 2.05) is 13.8 Å². The first-order valence-corrected chi connectivity index (χ1v) is 6.83. The second-order valence-corrected chi connectivity index (χ2v) is 6.23. The van der Waals surface area contributed by atoms with Crippen LogP contribution in [0.5, 0.6) is 0 Å². The third-order valence-electron chi connectivity index (χ3n) is 4.34. The Morgan fingerprint density at radius 2 is 1.89 bits per heavy atom. The van der Waals surface area contributed by atoms with Gasteiger partial charge in [0.25, 0.3) is 0 Å². The van der Waals surface area contributed by atoms with Crippen LogP contribution in [0, 0.1) is 29.9 Å². The number of Topliss-reactive ketones (excluding diaryl/α,β-unsaturated/α-hetero) is 1. The number of ketones is 1. The molecule has 1 aliphatic rings. The predicted octanol–water partition coefficient (Wildman–Crippen LogP) is 4.67. The number of halogens is 2. The highest BCUT2D eigenvalue weighted by atomic mass is 19.1. The number of aryl methyl sites for hydroxylation is 1. The van der Waals surface area contributed by atoms with Crippen LogP contribution >= 0.6 is 0 Å². The summed E-state index contributed by atoms with van der Waals surface area (Å²) in [5, 5.41) is 0. The third kappa shape index (κ3) is 2.70. The molecule has 0 aliphatic heterocycles. The largest absolute Gasteiger partial charge is 0.294 e. The molecule has 1 unspecified atom stereocenters. The summed E-state index contributed by atoms with van der Waals surface area (Å²) in [6.07, 6.45) is 3.80. The first-order valence-electron chi connectivity index (χ1n) is 6.83. The van der Waals surface area contributed by atoms with Gasteiger partial charge in [0.2, 0.25) is 0 Å². The lowest BCUT2D eigenvalue weighted by Gasteiger charge is -2.37. The summed E-state index contributed by atoms with van der Waals surface area (Å²) in [4.78, 5) is 12.5. The van der Waals surface area contributed by atoms with Crippen molar-refractivity contribution >= 4 is 5.78 Å². The molecule has 0 aromatic heterocycles. The SMILES string of the molecule is Cc1cc(F)c(C(=O)C2CCCCC2(C)C)cc1F. The molecule has 3 heteroatoms. The van der Waals surface area contributed by atoms with Gasteiger partial charge in [0, 0.05) is 5.92 Å². The molecule has 0 saturated heterocycles. The number of benzene rings is 1. The molecule has 0 spiro atoms. The molecule has 0 N–H and O–H groups in total. The van der Waals surface area contributed by atoms with E-state index in [2.05, 4.69) is 0 Å². The van der Waals surface area contributed by atoms with E-state index in [0.717, 1.165) is 37.8 Å². The van der Waals surface area contributed by atoms with Crippen molar-refractivity contribution in [3.05, 3.63) is 34.9 Å². The molecule has 1 nitrogen and oxygen atoms in total. The van der Waals surface area contributed by atoms with Crippen LogP contribution in [0.3, 0.4) is 0 Å². The monoisotopic (exact) mass is 266 g/mol. The Balaban J connectivity index is 2.36. The van der Waals surface area contributed by atoms with Crippen LogP contribution < -0.4 is 0 Å². The van der Waals surface area contributed by atoms with Crippen LogP contribution in [0.1, 0.15) is 55.5 Å². The Bertz CT molecular complexity index is 506. The lowest BCUT2D eigenvalue weighted by Crippen LogP contribution is -2.34. The Labute approximate surface area is 113 Å². The minimum atomic E-state index is -0.606. The highest BCUT2D eigenvalue weighted by molar-refractivity contribution is 5.98. The Kier molecular flexibility index (Phi) is 3.75. The van der Waals surface area contributed by atoms with E-state index in [4.69, 9.17) is 0 Å². The minimum Gasteiger partial charge on any atom is -0.294 e. The zero-order valence-corrected chi connectivity index (χ0v) is 11.7. The average molecular weight is 266 g/mol. The van der Waals surface area contributed by atoms with Crippen LogP contribution in [0.2, 0.25) is 0 Å². The van der Waals surface area contributed by atoms with Crippen molar-refractivity contribution < 1.29 is 13.6 Å². The van der Waals surface area contributed by atoms with E-state index in [0.29, 0.717) is 0 Å². The molecule has 0 heterocycles. The molecule has 19 heavy (non-hydrogen) atoms. The van der Waals surface area contributed by atoms with Gasteiger partial charge in [-0.1, -0.05) is 26.7 Å². The van der Waals surface area contributed by atoms with Crippen molar-refractivity contribution in [1.29, 1.82) is 0 Å².